The second kappa shape index (κ2) is 5.07. The minimum absolute atomic E-state index is 0.571. The van der Waals surface area contributed by atoms with Crippen molar-refractivity contribution >= 4 is 27.5 Å². The number of halogens is 2. The Morgan fingerprint density at radius 3 is 2.35 bits per heavy atom. The topological polar surface area (TPSA) is 22.1 Å². The van der Waals surface area contributed by atoms with Crippen LogP contribution in [0.2, 0.25) is 5.02 Å². The largest absolute Gasteiger partial charge is 0.438 e. The van der Waals surface area contributed by atoms with Crippen molar-refractivity contribution in [2.45, 2.75) is 13.8 Å². The standard InChI is InChI=1S/C13H11BrClNO/c1-8-5-11(15)6-9(2)13(8)17-12-4-3-10(14)7-16-12/h3-7H,1-2H3. The van der Waals surface area contributed by atoms with Crippen LogP contribution in [0.4, 0.5) is 0 Å². The Morgan fingerprint density at radius 1 is 1.18 bits per heavy atom. The fourth-order valence-corrected chi connectivity index (χ4v) is 2.15. The molecule has 17 heavy (non-hydrogen) atoms. The van der Waals surface area contributed by atoms with Gasteiger partial charge < -0.3 is 4.74 Å². The number of hydrogen-bond donors (Lipinski definition) is 0. The summed E-state index contributed by atoms with van der Waals surface area (Å²) in [6, 6.07) is 7.46. The zero-order valence-electron chi connectivity index (χ0n) is 9.50. The Labute approximate surface area is 114 Å². The summed E-state index contributed by atoms with van der Waals surface area (Å²) >= 11 is 9.30. The summed E-state index contributed by atoms with van der Waals surface area (Å²) in [5, 5.41) is 0.719. The molecule has 2 nitrogen and oxygen atoms in total. The maximum absolute atomic E-state index is 5.97. The van der Waals surface area contributed by atoms with Gasteiger partial charge >= 0.3 is 0 Å². The van der Waals surface area contributed by atoms with Crippen molar-refractivity contribution < 1.29 is 4.74 Å². The van der Waals surface area contributed by atoms with Gasteiger partial charge in [0.05, 0.1) is 0 Å². The second-order valence-corrected chi connectivity index (χ2v) is 5.14. The Morgan fingerprint density at radius 2 is 1.82 bits per heavy atom. The van der Waals surface area contributed by atoms with Gasteiger partial charge in [-0.1, -0.05) is 11.6 Å². The molecule has 0 unspecified atom stereocenters. The number of aromatic nitrogens is 1. The van der Waals surface area contributed by atoms with E-state index in [-0.39, 0.29) is 0 Å². The molecule has 2 aromatic rings. The van der Waals surface area contributed by atoms with E-state index in [1.165, 1.54) is 0 Å². The van der Waals surface area contributed by atoms with Gasteiger partial charge in [-0.25, -0.2) is 4.98 Å². The molecule has 1 aromatic carbocycles. The lowest BCUT2D eigenvalue weighted by Crippen LogP contribution is -1.93. The van der Waals surface area contributed by atoms with Crippen molar-refractivity contribution in [3.05, 3.63) is 51.1 Å². The van der Waals surface area contributed by atoms with Gasteiger partial charge in [0, 0.05) is 21.8 Å². The molecule has 0 radical (unpaired) electrons. The van der Waals surface area contributed by atoms with Crippen molar-refractivity contribution in [2.75, 3.05) is 0 Å². The van der Waals surface area contributed by atoms with Crippen LogP contribution < -0.4 is 4.74 Å². The molecule has 0 amide bonds. The van der Waals surface area contributed by atoms with Crippen LogP contribution in [-0.2, 0) is 0 Å². The van der Waals surface area contributed by atoms with Gasteiger partial charge in [-0.3, -0.25) is 0 Å². The van der Waals surface area contributed by atoms with Crippen molar-refractivity contribution in [1.82, 2.24) is 4.98 Å². The SMILES string of the molecule is Cc1cc(Cl)cc(C)c1Oc1ccc(Br)cn1. The molecule has 0 aliphatic heterocycles. The van der Waals surface area contributed by atoms with Crippen LogP contribution in [-0.4, -0.2) is 4.98 Å². The van der Waals surface area contributed by atoms with Crippen LogP contribution in [0.5, 0.6) is 11.6 Å². The van der Waals surface area contributed by atoms with Crippen LogP contribution in [0.15, 0.2) is 34.9 Å². The molecule has 0 spiro atoms. The van der Waals surface area contributed by atoms with E-state index in [4.69, 9.17) is 16.3 Å². The summed E-state index contributed by atoms with van der Waals surface area (Å²) < 4.78 is 6.68. The van der Waals surface area contributed by atoms with E-state index in [2.05, 4.69) is 20.9 Å². The zero-order valence-corrected chi connectivity index (χ0v) is 11.8. The van der Waals surface area contributed by atoms with Crippen molar-refractivity contribution in [2.24, 2.45) is 0 Å². The predicted molar refractivity (Wildman–Crippen MR) is 72.9 cm³/mol. The van der Waals surface area contributed by atoms with Gasteiger partial charge in [0.25, 0.3) is 0 Å². The summed E-state index contributed by atoms with van der Waals surface area (Å²) in [7, 11) is 0. The summed E-state index contributed by atoms with van der Waals surface area (Å²) in [4.78, 5) is 4.18. The maximum atomic E-state index is 5.97. The van der Waals surface area contributed by atoms with Crippen LogP contribution in [0.25, 0.3) is 0 Å². The minimum atomic E-state index is 0.571. The lowest BCUT2D eigenvalue weighted by molar-refractivity contribution is 0.456. The molecule has 0 aliphatic carbocycles. The highest BCUT2D eigenvalue weighted by Crippen LogP contribution is 2.30. The smallest absolute Gasteiger partial charge is 0.219 e. The zero-order chi connectivity index (χ0) is 12.4. The Hall–Kier alpha value is -1.06. The van der Waals surface area contributed by atoms with E-state index in [9.17, 15) is 0 Å². The number of nitrogens with zero attached hydrogens (tertiary/aromatic N) is 1. The molecular formula is C13H11BrClNO. The highest BCUT2D eigenvalue weighted by atomic mass is 79.9. The Bertz CT molecular complexity index is 517. The van der Waals surface area contributed by atoms with E-state index < -0.39 is 0 Å². The fraction of sp³-hybridized carbons (Fsp3) is 0.154. The number of benzene rings is 1. The molecule has 1 heterocycles. The molecule has 0 atom stereocenters. The summed E-state index contributed by atoms with van der Waals surface area (Å²) in [6.07, 6.45) is 1.70. The van der Waals surface area contributed by atoms with Crippen molar-refractivity contribution in [3.8, 4) is 11.6 Å². The molecule has 0 bridgehead atoms. The van der Waals surface area contributed by atoms with Crippen molar-refractivity contribution in [1.29, 1.82) is 0 Å². The van der Waals surface area contributed by atoms with E-state index in [1.54, 1.807) is 6.20 Å². The molecule has 1 aromatic heterocycles. The van der Waals surface area contributed by atoms with E-state index in [1.807, 2.05) is 38.1 Å². The molecular weight excluding hydrogens is 302 g/mol. The number of rotatable bonds is 2. The first-order valence-electron chi connectivity index (χ1n) is 5.12. The monoisotopic (exact) mass is 311 g/mol. The summed E-state index contributed by atoms with van der Waals surface area (Å²) in [5.74, 6) is 1.38. The van der Waals surface area contributed by atoms with Crippen molar-refractivity contribution in [3.63, 3.8) is 0 Å². The first-order valence-corrected chi connectivity index (χ1v) is 6.29. The lowest BCUT2D eigenvalue weighted by Gasteiger charge is -2.11. The average Bonchev–Trinajstić information content (AvgIpc) is 2.26. The summed E-state index contributed by atoms with van der Waals surface area (Å²) in [5.41, 5.74) is 2.00. The predicted octanol–water partition coefficient (Wildman–Crippen LogP) is 4.91. The highest BCUT2D eigenvalue weighted by molar-refractivity contribution is 9.10. The maximum Gasteiger partial charge on any atom is 0.219 e. The molecule has 0 aliphatic rings. The van der Waals surface area contributed by atoms with E-state index >= 15 is 0 Å². The average molecular weight is 313 g/mol. The number of ether oxygens (including phenoxy) is 1. The first-order chi connectivity index (χ1) is 8.06. The molecule has 4 heteroatoms. The van der Waals surface area contributed by atoms with E-state index in [0.29, 0.717) is 5.88 Å². The first kappa shape index (κ1) is 12.4. The van der Waals surface area contributed by atoms with Gasteiger partial charge in [0.2, 0.25) is 5.88 Å². The van der Waals surface area contributed by atoms with Gasteiger partial charge in [-0.15, -0.1) is 0 Å². The molecule has 0 fully saturated rings. The molecule has 2 rings (SSSR count). The molecule has 88 valence electrons. The third kappa shape index (κ3) is 2.99. The van der Waals surface area contributed by atoms with E-state index in [0.717, 1.165) is 26.4 Å². The van der Waals surface area contributed by atoms with Gasteiger partial charge in [-0.05, 0) is 59.1 Å². The third-order valence-corrected chi connectivity index (χ3v) is 3.02. The quantitative estimate of drug-likeness (QED) is 0.786. The van der Waals surface area contributed by atoms with Crippen LogP contribution in [0, 0.1) is 13.8 Å². The van der Waals surface area contributed by atoms with Gasteiger partial charge in [-0.2, -0.15) is 0 Å². The van der Waals surface area contributed by atoms with Crippen LogP contribution >= 0.6 is 27.5 Å². The molecule has 0 saturated heterocycles. The van der Waals surface area contributed by atoms with Crippen LogP contribution in [0.3, 0.4) is 0 Å². The Kier molecular flexibility index (Phi) is 3.69. The minimum Gasteiger partial charge on any atom is -0.438 e. The third-order valence-electron chi connectivity index (χ3n) is 2.33. The molecule has 0 N–H and O–H groups in total. The highest BCUT2D eigenvalue weighted by Gasteiger charge is 2.07. The van der Waals surface area contributed by atoms with Crippen LogP contribution in [0.1, 0.15) is 11.1 Å². The fourth-order valence-electron chi connectivity index (χ4n) is 1.59. The number of aryl methyl sites for hydroxylation is 2. The van der Waals surface area contributed by atoms with Gasteiger partial charge in [0.1, 0.15) is 5.75 Å². The second-order valence-electron chi connectivity index (χ2n) is 3.79. The normalized spacial score (nSPS) is 10.4. The lowest BCUT2D eigenvalue weighted by atomic mass is 10.1. The number of pyridine rings is 1. The van der Waals surface area contributed by atoms with Gasteiger partial charge in [0.15, 0.2) is 0 Å². The number of hydrogen-bond acceptors (Lipinski definition) is 2. The Balaban J connectivity index is 2.33. The summed E-state index contributed by atoms with van der Waals surface area (Å²) in [6.45, 7) is 3.93. The molecule has 0 saturated carbocycles.